The lowest BCUT2D eigenvalue weighted by Gasteiger charge is -2.00. The Morgan fingerprint density at radius 3 is 2.73 bits per heavy atom. The Hall–Kier alpha value is -1.22. The Bertz CT molecular complexity index is 460. The number of pyridine rings is 1. The van der Waals surface area contributed by atoms with Crippen molar-refractivity contribution < 1.29 is 0 Å². The molecular weight excluding hydrogens is 204 g/mol. The number of aryl methyl sites for hydroxylation is 1. The van der Waals surface area contributed by atoms with Crippen molar-refractivity contribution in [3.63, 3.8) is 0 Å². The molecule has 15 heavy (non-hydrogen) atoms. The molecule has 0 aliphatic rings. The second-order valence-electron chi connectivity index (χ2n) is 3.92. The molecule has 0 saturated heterocycles. The summed E-state index contributed by atoms with van der Waals surface area (Å²) >= 11 is 1.71. The van der Waals surface area contributed by atoms with Gasteiger partial charge in [-0.1, -0.05) is 13.8 Å². The predicted molar refractivity (Wildman–Crippen MR) is 64.2 cm³/mol. The minimum absolute atomic E-state index is 0.497. The number of hydrogen-bond acceptors (Lipinski definition) is 3. The number of thiazole rings is 1. The van der Waals surface area contributed by atoms with Crippen LogP contribution in [0.3, 0.4) is 0 Å². The third kappa shape index (κ3) is 2.07. The van der Waals surface area contributed by atoms with Crippen LogP contribution >= 0.6 is 11.3 Å². The Balaban J connectivity index is 2.42. The van der Waals surface area contributed by atoms with E-state index in [0.29, 0.717) is 5.92 Å². The van der Waals surface area contributed by atoms with E-state index in [1.807, 2.05) is 18.5 Å². The van der Waals surface area contributed by atoms with Crippen LogP contribution in [-0.4, -0.2) is 9.97 Å². The van der Waals surface area contributed by atoms with Crippen molar-refractivity contribution in [2.75, 3.05) is 0 Å². The van der Waals surface area contributed by atoms with Crippen LogP contribution in [0.1, 0.15) is 31.0 Å². The molecule has 78 valence electrons. The number of hydrogen-bond donors (Lipinski definition) is 0. The zero-order chi connectivity index (χ0) is 10.8. The SMILES string of the molecule is Cc1cnccc1-c1nc(C(C)C)cs1. The summed E-state index contributed by atoms with van der Waals surface area (Å²) in [5.41, 5.74) is 3.55. The third-order valence-electron chi connectivity index (χ3n) is 2.36. The molecule has 2 aromatic heterocycles. The smallest absolute Gasteiger partial charge is 0.123 e. The van der Waals surface area contributed by atoms with E-state index in [-0.39, 0.29) is 0 Å². The molecule has 0 amide bonds. The van der Waals surface area contributed by atoms with Gasteiger partial charge < -0.3 is 0 Å². The van der Waals surface area contributed by atoms with E-state index in [9.17, 15) is 0 Å². The Morgan fingerprint density at radius 1 is 1.33 bits per heavy atom. The van der Waals surface area contributed by atoms with Crippen LogP contribution in [0.25, 0.3) is 10.6 Å². The number of aromatic nitrogens is 2. The van der Waals surface area contributed by atoms with Gasteiger partial charge in [-0.25, -0.2) is 4.98 Å². The summed E-state index contributed by atoms with van der Waals surface area (Å²) in [5.74, 6) is 0.497. The van der Waals surface area contributed by atoms with Gasteiger partial charge in [0.1, 0.15) is 5.01 Å². The van der Waals surface area contributed by atoms with E-state index in [2.05, 4.69) is 36.1 Å². The molecular formula is C12H14N2S. The van der Waals surface area contributed by atoms with E-state index in [1.54, 1.807) is 11.3 Å². The van der Waals surface area contributed by atoms with Crippen LogP contribution in [0.2, 0.25) is 0 Å². The number of rotatable bonds is 2. The van der Waals surface area contributed by atoms with Gasteiger partial charge >= 0.3 is 0 Å². The normalized spacial score (nSPS) is 10.9. The maximum Gasteiger partial charge on any atom is 0.123 e. The fraction of sp³-hybridized carbons (Fsp3) is 0.333. The van der Waals surface area contributed by atoms with Gasteiger partial charge in [0.25, 0.3) is 0 Å². The van der Waals surface area contributed by atoms with Gasteiger partial charge in [0.15, 0.2) is 0 Å². The van der Waals surface area contributed by atoms with E-state index in [0.717, 1.165) is 5.01 Å². The van der Waals surface area contributed by atoms with E-state index >= 15 is 0 Å². The van der Waals surface area contributed by atoms with Gasteiger partial charge in [0.2, 0.25) is 0 Å². The lowest BCUT2D eigenvalue weighted by atomic mass is 10.1. The molecule has 2 rings (SSSR count). The molecule has 0 saturated carbocycles. The van der Waals surface area contributed by atoms with Crippen LogP contribution in [0.5, 0.6) is 0 Å². The number of nitrogens with zero attached hydrogens (tertiary/aromatic N) is 2. The summed E-state index contributed by atoms with van der Waals surface area (Å²) in [6.45, 7) is 6.40. The fourth-order valence-electron chi connectivity index (χ4n) is 1.39. The summed E-state index contributed by atoms with van der Waals surface area (Å²) in [6.07, 6.45) is 3.70. The zero-order valence-electron chi connectivity index (χ0n) is 9.19. The Labute approximate surface area is 94.0 Å². The third-order valence-corrected chi connectivity index (χ3v) is 3.26. The van der Waals surface area contributed by atoms with Crippen molar-refractivity contribution in [3.8, 4) is 10.6 Å². The first-order valence-corrected chi connectivity index (χ1v) is 5.93. The highest BCUT2D eigenvalue weighted by Crippen LogP contribution is 2.28. The second-order valence-corrected chi connectivity index (χ2v) is 4.78. The van der Waals surface area contributed by atoms with Crippen molar-refractivity contribution >= 4 is 11.3 Å². The summed E-state index contributed by atoms with van der Waals surface area (Å²) < 4.78 is 0. The van der Waals surface area contributed by atoms with Gasteiger partial charge in [0, 0.05) is 23.3 Å². The van der Waals surface area contributed by atoms with Crippen molar-refractivity contribution in [1.29, 1.82) is 0 Å². The molecule has 0 bridgehead atoms. The maximum atomic E-state index is 4.63. The molecule has 0 unspecified atom stereocenters. The van der Waals surface area contributed by atoms with E-state index in [1.165, 1.54) is 16.8 Å². The highest BCUT2D eigenvalue weighted by Gasteiger charge is 2.08. The maximum absolute atomic E-state index is 4.63. The molecule has 0 aromatic carbocycles. The fourth-order valence-corrected chi connectivity index (χ4v) is 2.46. The van der Waals surface area contributed by atoms with Crippen LogP contribution in [0.4, 0.5) is 0 Å². The molecule has 2 heterocycles. The molecule has 0 aliphatic carbocycles. The zero-order valence-corrected chi connectivity index (χ0v) is 10.0. The standard InChI is InChI=1S/C12H14N2S/c1-8(2)11-7-15-12(14-11)10-4-5-13-6-9(10)3/h4-8H,1-3H3. The molecule has 0 aliphatic heterocycles. The molecule has 2 nitrogen and oxygen atoms in total. The quantitative estimate of drug-likeness (QED) is 0.769. The first-order valence-electron chi connectivity index (χ1n) is 5.05. The van der Waals surface area contributed by atoms with E-state index < -0.39 is 0 Å². The van der Waals surface area contributed by atoms with Crippen molar-refractivity contribution in [3.05, 3.63) is 35.1 Å². The van der Waals surface area contributed by atoms with E-state index in [4.69, 9.17) is 0 Å². The largest absolute Gasteiger partial charge is 0.264 e. The van der Waals surface area contributed by atoms with Crippen molar-refractivity contribution in [2.45, 2.75) is 26.7 Å². The van der Waals surface area contributed by atoms with Crippen LogP contribution in [-0.2, 0) is 0 Å². The first-order chi connectivity index (χ1) is 7.18. The minimum Gasteiger partial charge on any atom is -0.264 e. The van der Waals surface area contributed by atoms with Gasteiger partial charge in [-0.3, -0.25) is 4.98 Å². The van der Waals surface area contributed by atoms with Crippen LogP contribution in [0, 0.1) is 6.92 Å². The lowest BCUT2D eigenvalue weighted by Crippen LogP contribution is -1.88. The average Bonchev–Trinajstić information content (AvgIpc) is 2.67. The summed E-state index contributed by atoms with van der Waals surface area (Å²) in [7, 11) is 0. The van der Waals surface area contributed by atoms with Crippen molar-refractivity contribution in [1.82, 2.24) is 9.97 Å². The average molecular weight is 218 g/mol. The molecule has 0 spiro atoms. The van der Waals surface area contributed by atoms with Crippen LogP contribution < -0.4 is 0 Å². The molecule has 2 aromatic rings. The van der Waals surface area contributed by atoms with Gasteiger partial charge in [-0.15, -0.1) is 11.3 Å². The summed E-state index contributed by atoms with van der Waals surface area (Å²) in [4.78, 5) is 8.72. The Kier molecular flexibility index (Phi) is 2.82. The van der Waals surface area contributed by atoms with Gasteiger partial charge in [-0.05, 0) is 24.5 Å². The Morgan fingerprint density at radius 2 is 2.13 bits per heavy atom. The highest BCUT2D eigenvalue weighted by atomic mass is 32.1. The monoisotopic (exact) mass is 218 g/mol. The predicted octanol–water partition coefficient (Wildman–Crippen LogP) is 3.64. The molecule has 0 radical (unpaired) electrons. The lowest BCUT2D eigenvalue weighted by molar-refractivity contribution is 0.834. The first kappa shape index (κ1) is 10.3. The summed E-state index contributed by atoms with van der Waals surface area (Å²) in [6, 6.07) is 2.03. The topological polar surface area (TPSA) is 25.8 Å². The van der Waals surface area contributed by atoms with Crippen molar-refractivity contribution in [2.24, 2.45) is 0 Å². The molecule has 0 atom stereocenters. The molecule has 3 heteroatoms. The van der Waals surface area contributed by atoms with Gasteiger partial charge in [0.05, 0.1) is 5.69 Å². The molecule has 0 fully saturated rings. The summed E-state index contributed by atoms with van der Waals surface area (Å²) in [5, 5.41) is 3.23. The molecule has 0 N–H and O–H groups in total. The highest BCUT2D eigenvalue weighted by molar-refractivity contribution is 7.13. The second kappa shape index (κ2) is 4.11. The van der Waals surface area contributed by atoms with Gasteiger partial charge in [-0.2, -0.15) is 0 Å². The van der Waals surface area contributed by atoms with Crippen LogP contribution in [0.15, 0.2) is 23.8 Å². The minimum atomic E-state index is 0.497.